The van der Waals surface area contributed by atoms with Gasteiger partial charge in [0, 0.05) is 13.0 Å². The molecule has 1 heterocycles. The van der Waals surface area contributed by atoms with Gasteiger partial charge in [0.15, 0.2) is 0 Å². The molecule has 0 aromatic heterocycles. The summed E-state index contributed by atoms with van der Waals surface area (Å²) in [6.07, 6.45) is -0.792. The van der Waals surface area contributed by atoms with E-state index in [9.17, 15) is 19.1 Å². The van der Waals surface area contributed by atoms with E-state index in [2.05, 4.69) is 5.32 Å². The minimum absolute atomic E-state index is 0.0551. The summed E-state index contributed by atoms with van der Waals surface area (Å²) in [5.41, 5.74) is 1.34. The highest BCUT2D eigenvalue weighted by Crippen LogP contribution is 2.21. The summed E-state index contributed by atoms with van der Waals surface area (Å²) in [4.78, 5) is 26.8. The van der Waals surface area contributed by atoms with Crippen LogP contribution in [0.15, 0.2) is 48.5 Å². The molecule has 0 radical (unpaired) electrons. The average molecular weight is 414 g/mol. The van der Waals surface area contributed by atoms with E-state index in [-0.39, 0.29) is 49.4 Å². The van der Waals surface area contributed by atoms with Crippen molar-refractivity contribution in [3.63, 3.8) is 0 Å². The van der Waals surface area contributed by atoms with Gasteiger partial charge >= 0.3 is 0 Å². The number of β-amino-alcohol motifs (C(OH)–C–C–N with tert-alkyl or cyclic N) is 1. The fraction of sp³-hybridized carbons (Fsp3) is 0.391. The molecule has 3 unspecified atom stereocenters. The quantitative estimate of drug-likeness (QED) is 0.728. The number of hydrogen-bond acceptors (Lipinski definition) is 4. The Morgan fingerprint density at radius 1 is 1.27 bits per heavy atom. The van der Waals surface area contributed by atoms with Gasteiger partial charge in [-0.3, -0.25) is 9.59 Å². The Balaban J connectivity index is 1.57. The zero-order valence-corrected chi connectivity index (χ0v) is 17.2. The number of nitrogens with zero attached hydrogens (tertiary/aromatic N) is 1. The first kappa shape index (κ1) is 21.8. The average Bonchev–Trinajstić information content (AvgIpc) is 3.10. The first-order chi connectivity index (χ1) is 14.3. The lowest BCUT2D eigenvalue weighted by molar-refractivity contribution is -0.138. The number of carbonyl (C=O) groups is 2. The van der Waals surface area contributed by atoms with Crippen molar-refractivity contribution in [3.8, 4) is 5.75 Å². The Kier molecular flexibility index (Phi) is 7.05. The van der Waals surface area contributed by atoms with E-state index >= 15 is 0 Å². The van der Waals surface area contributed by atoms with Crippen LogP contribution in [0, 0.1) is 12.7 Å². The number of halogens is 1. The number of ether oxygens (including phenoxy) is 1. The van der Waals surface area contributed by atoms with Gasteiger partial charge in [-0.2, -0.15) is 0 Å². The van der Waals surface area contributed by atoms with Crippen LogP contribution in [0.3, 0.4) is 0 Å². The third-order valence-electron chi connectivity index (χ3n) is 5.08. The van der Waals surface area contributed by atoms with E-state index in [1.807, 2.05) is 38.1 Å². The molecular formula is C23H27FN2O4. The van der Waals surface area contributed by atoms with Gasteiger partial charge in [0.2, 0.25) is 11.8 Å². The second-order valence-electron chi connectivity index (χ2n) is 7.76. The monoisotopic (exact) mass is 414 g/mol. The molecule has 2 aromatic carbocycles. The summed E-state index contributed by atoms with van der Waals surface area (Å²) in [5, 5.41) is 12.9. The van der Waals surface area contributed by atoms with E-state index in [0.717, 1.165) is 5.56 Å². The van der Waals surface area contributed by atoms with Crippen LogP contribution in [-0.2, 0) is 16.0 Å². The highest BCUT2D eigenvalue weighted by molar-refractivity contribution is 5.89. The number of amides is 2. The van der Waals surface area contributed by atoms with Crippen LogP contribution in [0.5, 0.6) is 5.75 Å². The molecule has 2 amide bonds. The number of nitrogens with one attached hydrogen (secondary N) is 1. The Bertz CT molecular complexity index is 904. The number of hydrogen-bond donors (Lipinski definition) is 2. The molecule has 30 heavy (non-hydrogen) atoms. The van der Waals surface area contributed by atoms with Crippen LogP contribution in [0.25, 0.3) is 0 Å². The first-order valence-electron chi connectivity index (χ1n) is 10.0. The predicted octanol–water partition coefficient (Wildman–Crippen LogP) is 2.22. The van der Waals surface area contributed by atoms with Crippen LogP contribution < -0.4 is 10.1 Å². The molecule has 1 aliphatic heterocycles. The highest BCUT2D eigenvalue weighted by Gasteiger charge is 2.39. The van der Waals surface area contributed by atoms with Crippen molar-refractivity contribution in [1.29, 1.82) is 0 Å². The number of aliphatic hydroxyl groups is 1. The van der Waals surface area contributed by atoms with Crippen molar-refractivity contribution in [2.45, 2.75) is 44.9 Å². The molecule has 1 saturated heterocycles. The lowest BCUT2D eigenvalue weighted by atomic mass is 10.1. The van der Waals surface area contributed by atoms with Crippen molar-refractivity contribution in [2.75, 3.05) is 13.2 Å². The van der Waals surface area contributed by atoms with Gasteiger partial charge in [0.1, 0.15) is 24.2 Å². The van der Waals surface area contributed by atoms with Gasteiger partial charge in [0.25, 0.3) is 0 Å². The molecule has 3 rings (SSSR count). The first-order valence-corrected chi connectivity index (χ1v) is 10.0. The SMILES string of the molecule is Cc1cccc(OCC(C)NC(=O)C2CC(O)CN2C(=O)Cc2ccccc2F)c1. The minimum Gasteiger partial charge on any atom is -0.491 e. The Morgan fingerprint density at radius 3 is 2.77 bits per heavy atom. The lowest BCUT2D eigenvalue weighted by Crippen LogP contribution is -2.49. The zero-order chi connectivity index (χ0) is 21.7. The fourth-order valence-electron chi connectivity index (χ4n) is 3.55. The summed E-state index contributed by atoms with van der Waals surface area (Å²) >= 11 is 0. The number of rotatable bonds is 7. The molecule has 6 nitrogen and oxygen atoms in total. The van der Waals surface area contributed by atoms with E-state index in [4.69, 9.17) is 4.74 Å². The van der Waals surface area contributed by atoms with Crippen LogP contribution in [0.4, 0.5) is 4.39 Å². The van der Waals surface area contributed by atoms with Gasteiger partial charge in [-0.15, -0.1) is 0 Å². The topological polar surface area (TPSA) is 78.9 Å². The minimum atomic E-state index is -0.791. The molecule has 160 valence electrons. The van der Waals surface area contributed by atoms with E-state index in [1.54, 1.807) is 18.2 Å². The van der Waals surface area contributed by atoms with Gasteiger partial charge in [0.05, 0.1) is 18.6 Å². The molecule has 0 bridgehead atoms. The molecule has 1 aliphatic rings. The smallest absolute Gasteiger partial charge is 0.243 e. The molecule has 0 aliphatic carbocycles. The number of aliphatic hydroxyl groups excluding tert-OH is 1. The molecule has 7 heteroatoms. The summed E-state index contributed by atoms with van der Waals surface area (Å²) in [7, 11) is 0. The standard InChI is InChI=1S/C23H27FN2O4/c1-15-6-5-8-19(10-15)30-14-16(2)25-23(29)21-12-18(27)13-26(21)22(28)11-17-7-3-4-9-20(17)24/h3-10,16,18,21,27H,11-14H2,1-2H3,(H,25,29). The molecule has 3 atom stereocenters. The molecule has 2 aromatic rings. The van der Waals surface area contributed by atoms with Crippen LogP contribution in [0.2, 0.25) is 0 Å². The van der Waals surface area contributed by atoms with Crippen LogP contribution in [-0.4, -0.2) is 53.2 Å². The number of likely N-dealkylation sites (tertiary alicyclic amines) is 1. The van der Waals surface area contributed by atoms with Gasteiger partial charge < -0.3 is 20.1 Å². The van der Waals surface area contributed by atoms with Crippen molar-refractivity contribution in [2.24, 2.45) is 0 Å². The predicted molar refractivity (Wildman–Crippen MR) is 111 cm³/mol. The fourth-order valence-corrected chi connectivity index (χ4v) is 3.55. The largest absolute Gasteiger partial charge is 0.491 e. The van der Waals surface area contributed by atoms with Crippen molar-refractivity contribution >= 4 is 11.8 Å². The van der Waals surface area contributed by atoms with E-state index in [0.29, 0.717) is 5.75 Å². The highest BCUT2D eigenvalue weighted by atomic mass is 19.1. The summed E-state index contributed by atoms with van der Waals surface area (Å²) in [6.45, 7) is 4.11. The van der Waals surface area contributed by atoms with Crippen molar-refractivity contribution < 1.29 is 23.8 Å². The van der Waals surface area contributed by atoms with Gasteiger partial charge in [-0.1, -0.05) is 30.3 Å². The third kappa shape index (κ3) is 5.57. The van der Waals surface area contributed by atoms with Crippen molar-refractivity contribution in [3.05, 3.63) is 65.5 Å². The zero-order valence-electron chi connectivity index (χ0n) is 17.2. The summed E-state index contributed by atoms with van der Waals surface area (Å²) in [5.74, 6) is -0.489. The summed E-state index contributed by atoms with van der Waals surface area (Å²) in [6, 6.07) is 12.6. The Morgan fingerprint density at radius 2 is 2.03 bits per heavy atom. The summed E-state index contributed by atoms with van der Waals surface area (Å²) < 4.78 is 19.6. The lowest BCUT2D eigenvalue weighted by Gasteiger charge is -2.25. The Hall–Kier alpha value is -2.93. The van der Waals surface area contributed by atoms with Crippen LogP contribution >= 0.6 is 0 Å². The number of aryl methyl sites for hydroxylation is 1. The second kappa shape index (κ2) is 9.71. The Labute approximate surface area is 175 Å². The maximum atomic E-state index is 13.9. The van der Waals surface area contributed by atoms with Crippen LogP contribution in [0.1, 0.15) is 24.5 Å². The molecule has 0 saturated carbocycles. The van der Waals surface area contributed by atoms with Gasteiger partial charge in [-0.25, -0.2) is 4.39 Å². The normalized spacial score (nSPS) is 19.4. The third-order valence-corrected chi connectivity index (χ3v) is 5.08. The second-order valence-corrected chi connectivity index (χ2v) is 7.76. The van der Waals surface area contributed by atoms with E-state index in [1.165, 1.54) is 11.0 Å². The number of benzene rings is 2. The van der Waals surface area contributed by atoms with Crippen molar-refractivity contribution in [1.82, 2.24) is 10.2 Å². The maximum Gasteiger partial charge on any atom is 0.243 e. The van der Waals surface area contributed by atoms with E-state index < -0.39 is 18.0 Å². The molecule has 1 fully saturated rings. The molecule has 2 N–H and O–H groups in total. The number of carbonyl (C=O) groups excluding carboxylic acids is 2. The van der Waals surface area contributed by atoms with Gasteiger partial charge in [-0.05, 0) is 43.2 Å². The molecule has 0 spiro atoms. The molecular weight excluding hydrogens is 387 g/mol. The maximum absolute atomic E-state index is 13.9.